The highest BCUT2D eigenvalue weighted by Gasteiger charge is 2.20. The largest absolute Gasteiger partial charge is 0.497 e. The second kappa shape index (κ2) is 14.9. The molecule has 0 aromatic heterocycles. The minimum atomic E-state index is -0.495. The number of thioether (sulfide) groups is 1. The molecule has 0 spiro atoms. The highest BCUT2D eigenvalue weighted by Crippen LogP contribution is 2.30. The fraction of sp³-hybridized carbons (Fsp3) is 0.108. The van der Waals surface area contributed by atoms with E-state index in [1.165, 1.54) is 11.8 Å². The molecule has 0 aliphatic carbocycles. The zero-order valence-electron chi connectivity index (χ0n) is 25.0. The quantitative estimate of drug-likeness (QED) is 0.104. The summed E-state index contributed by atoms with van der Waals surface area (Å²) in [6.45, 7) is 1.97. The number of hydrogen-bond donors (Lipinski definition) is 3. The first-order valence-electron chi connectivity index (χ1n) is 14.5. The Hall–Kier alpha value is -5.34. The monoisotopic (exact) mass is 615 g/mol. The van der Waals surface area contributed by atoms with Crippen molar-refractivity contribution in [1.29, 1.82) is 0 Å². The van der Waals surface area contributed by atoms with Crippen LogP contribution >= 0.6 is 11.8 Å². The average molecular weight is 616 g/mol. The topological polar surface area (TPSA) is 96.5 Å². The Bertz CT molecular complexity index is 1850. The summed E-state index contributed by atoms with van der Waals surface area (Å²) in [7, 11) is 1.56. The first kappa shape index (κ1) is 31.1. The van der Waals surface area contributed by atoms with Gasteiger partial charge in [-0.3, -0.25) is 14.4 Å². The van der Waals surface area contributed by atoms with Crippen LogP contribution in [0.1, 0.15) is 29.3 Å². The molecule has 3 N–H and O–H groups in total. The van der Waals surface area contributed by atoms with E-state index in [2.05, 4.69) is 16.0 Å². The molecule has 0 aliphatic heterocycles. The molecule has 0 aliphatic rings. The minimum Gasteiger partial charge on any atom is -0.497 e. The Morgan fingerprint density at radius 1 is 0.800 bits per heavy atom. The number of nitrogens with one attached hydrogen (secondary N) is 3. The summed E-state index contributed by atoms with van der Waals surface area (Å²) < 4.78 is 5.32. The van der Waals surface area contributed by atoms with Crippen LogP contribution in [0.4, 0.5) is 11.4 Å². The number of methoxy groups -OCH3 is 1. The van der Waals surface area contributed by atoms with E-state index in [0.29, 0.717) is 29.0 Å². The maximum absolute atomic E-state index is 13.6. The van der Waals surface area contributed by atoms with Crippen LogP contribution in [-0.4, -0.2) is 30.1 Å². The van der Waals surface area contributed by atoms with Crippen LogP contribution in [0.25, 0.3) is 16.8 Å². The van der Waals surface area contributed by atoms with Gasteiger partial charge in [-0.1, -0.05) is 79.7 Å². The smallest absolute Gasteiger partial charge is 0.272 e. The third-order valence-electron chi connectivity index (χ3n) is 7.01. The molecular weight excluding hydrogens is 582 g/mol. The first-order valence-corrected chi connectivity index (χ1v) is 15.4. The molecule has 0 saturated heterocycles. The molecule has 1 unspecified atom stereocenters. The van der Waals surface area contributed by atoms with Gasteiger partial charge in [-0.05, 0) is 72.0 Å². The van der Waals surface area contributed by atoms with Crippen LogP contribution in [0.15, 0.2) is 132 Å². The maximum Gasteiger partial charge on any atom is 0.272 e. The molecule has 0 heterocycles. The molecule has 5 rings (SSSR count). The lowest BCUT2D eigenvalue weighted by atomic mass is 10.1. The van der Waals surface area contributed by atoms with Gasteiger partial charge in [0.1, 0.15) is 11.4 Å². The van der Waals surface area contributed by atoms with E-state index in [0.717, 1.165) is 21.4 Å². The van der Waals surface area contributed by atoms with Crippen molar-refractivity contribution < 1.29 is 19.1 Å². The van der Waals surface area contributed by atoms with Crippen LogP contribution in [0.2, 0.25) is 0 Å². The molecule has 5 aromatic rings. The molecule has 0 fully saturated rings. The molecule has 0 radical (unpaired) electrons. The summed E-state index contributed by atoms with van der Waals surface area (Å²) in [5, 5.41) is 10.4. The van der Waals surface area contributed by atoms with Gasteiger partial charge >= 0.3 is 0 Å². The van der Waals surface area contributed by atoms with Gasteiger partial charge in [0.05, 0.1) is 12.4 Å². The predicted octanol–water partition coefficient (Wildman–Crippen LogP) is 7.77. The Morgan fingerprint density at radius 3 is 2.33 bits per heavy atom. The van der Waals surface area contributed by atoms with Crippen molar-refractivity contribution in [1.82, 2.24) is 5.32 Å². The molecule has 5 aromatic carbocycles. The lowest BCUT2D eigenvalue weighted by Gasteiger charge is -2.17. The Balaban J connectivity index is 1.32. The van der Waals surface area contributed by atoms with Gasteiger partial charge in [0.15, 0.2) is 0 Å². The van der Waals surface area contributed by atoms with Crippen LogP contribution in [0.3, 0.4) is 0 Å². The molecule has 0 saturated carbocycles. The van der Waals surface area contributed by atoms with Gasteiger partial charge in [0.2, 0.25) is 5.91 Å². The lowest BCUT2D eigenvalue weighted by molar-refractivity contribution is -0.116. The summed E-state index contributed by atoms with van der Waals surface area (Å²) >= 11 is 1.42. The number of fused-ring (bicyclic) bond motifs is 1. The number of carbonyl (C=O) groups excluding carboxylic acids is 3. The molecule has 1 atom stereocenters. The van der Waals surface area contributed by atoms with E-state index in [1.807, 2.05) is 79.7 Å². The average Bonchev–Trinajstić information content (AvgIpc) is 3.07. The summed E-state index contributed by atoms with van der Waals surface area (Å²) in [5.74, 6) is -0.379. The third kappa shape index (κ3) is 8.19. The standard InChI is InChI=1S/C37H33N3O4S/c1-3-34(37(43)39-32-21-10-16-26-13-7-8-20-31(26)32)45-30-19-11-17-28(24-30)38-36(42)33(23-25-12-9-18-29(22-25)44-2)40-35(41)27-14-5-4-6-15-27/h4-24,34H,3H2,1-2H3,(H,38,42)(H,39,43)(H,40,41)/b33-23-. The van der Waals surface area contributed by atoms with Crippen molar-refractivity contribution in [2.75, 3.05) is 17.7 Å². The zero-order chi connectivity index (χ0) is 31.6. The zero-order valence-corrected chi connectivity index (χ0v) is 25.8. The molecule has 8 heteroatoms. The normalized spacial score (nSPS) is 11.8. The Kier molecular flexibility index (Phi) is 10.3. The van der Waals surface area contributed by atoms with E-state index in [9.17, 15) is 14.4 Å². The van der Waals surface area contributed by atoms with Crippen molar-refractivity contribution in [3.05, 3.63) is 138 Å². The van der Waals surface area contributed by atoms with E-state index in [-0.39, 0.29) is 16.9 Å². The summed E-state index contributed by atoms with van der Waals surface area (Å²) in [4.78, 5) is 40.7. The predicted molar refractivity (Wildman–Crippen MR) is 182 cm³/mol. The van der Waals surface area contributed by atoms with Crippen molar-refractivity contribution >= 4 is 57.7 Å². The van der Waals surface area contributed by atoms with E-state index in [1.54, 1.807) is 61.7 Å². The second-order valence-electron chi connectivity index (χ2n) is 10.2. The number of rotatable bonds is 11. The molecule has 3 amide bonds. The van der Waals surface area contributed by atoms with E-state index in [4.69, 9.17) is 4.74 Å². The van der Waals surface area contributed by atoms with Gasteiger partial charge < -0.3 is 20.7 Å². The fourth-order valence-electron chi connectivity index (χ4n) is 4.72. The van der Waals surface area contributed by atoms with Gasteiger partial charge in [-0.15, -0.1) is 11.8 Å². The van der Waals surface area contributed by atoms with Gasteiger partial charge in [-0.2, -0.15) is 0 Å². The van der Waals surface area contributed by atoms with Crippen LogP contribution < -0.4 is 20.7 Å². The number of carbonyl (C=O) groups is 3. The number of amides is 3. The SMILES string of the molecule is CCC(Sc1cccc(NC(=O)/C(=C/c2cccc(OC)c2)NC(=O)c2ccccc2)c1)C(=O)Nc1cccc2ccccc12. The molecule has 45 heavy (non-hydrogen) atoms. The summed E-state index contributed by atoms with van der Waals surface area (Å²) in [6, 6.07) is 37.0. The number of ether oxygens (including phenoxy) is 1. The van der Waals surface area contributed by atoms with Gasteiger partial charge in [-0.25, -0.2) is 0 Å². The Labute approximate surface area is 266 Å². The maximum atomic E-state index is 13.6. The van der Waals surface area contributed by atoms with Crippen molar-refractivity contribution in [2.24, 2.45) is 0 Å². The summed E-state index contributed by atoms with van der Waals surface area (Å²) in [6.07, 6.45) is 2.21. The fourth-order valence-corrected chi connectivity index (χ4v) is 5.73. The number of benzene rings is 5. The third-order valence-corrected chi connectivity index (χ3v) is 8.37. The highest BCUT2D eigenvalue weighted by molar-refractivity contribution is 8.00. The Morgan fingerprint density at radius 2 is 1.53 bits per heavy atom. The van der Waals surface area contributed by atoms with Crippen molar-refractivity contribution in [3.63, 3.8) is 0 Å². The van der Waals surface area contributed by atoms with E-state index < -0.39 is 11.8 Å². The van der Waals surface area contributed by atoms with Gasteiger partial charge in [0.25, 0.3) is 11.8 Å². The number of anilines is 2. The van der Waals surface area contributed by atoms with Crippen LogP contribution in [0.5, 0.6) is 5.75 Å². The van der Waals surface area contributed by atoms with Crippen molar-refractivity contribution in [3.8, 4) is 5.75 Å². The van der Waals surface area contributed by atoms with Crippen LogP contribution in [0, 0.1) is 0 Å². The van der Waals surface area contributed by atoms with Crippen molar-refractivity contribution in [2.45, 2.75) is 23.5 Å². The molecular formula is C37H33N3O4S. The molecule has 0 bridgehead atoms. The van der Waals surface area contributed by atoms with Gasteiger partial charge in [0, 0.05) is 27.2 Å². The van der Waals surface area contributed by atoms with Crippen LogP contribution in [-0.2, 0) is 9.59 Å². The van der Waals surface area contributed by atoms with E-state index >= 15 is 0 Å². The second-order valence-corrected chi connectivity index (χ2v) is 11.4. The summed E-state index contributed by atoms with van der Waals surface area (Å²) in [5.41, 5.74) is 2.47. The highest BCUT2D eigenvalue weighted by atomic mass is 32.2. The minimum absolute atomic E-state index is 0.0658. The lowest BCUT2D eigenvalue weighted by Crippen LogP contribution is -2.30. The molecule has 226 valence electrons. The first-order chi connectivity index (χ1) is 21.9. The molecule has 7 nitrogen and oxygen atoms in total. The number of hydrogen-bond acceptors (Lipinski definition) is 5.